The Morgan fingerprint density at radius 2 is 1.78 bits per heavy atom. The molecule has 1 aliphatic carbocycles. The van der Waals surface area contributed by atoms with Gasteiger partial charge in [-0.2, -0.15) is 0 Å². The molecule has 0 radical (unpaired) electrons. The van der Waals surface area contributed by atoms with Crippen molar-refractivity contribution in [2.24, 2.45) is 11.8 Å². The van der Waals surface area contributed by atoms with Crippen molar-refractivity contribution in [3.8, 4) is 11.5 Å². The molecule has 3 atom stereocenters. The van der Waals surface area contributed by atoms with Gasteiger partial charge in [0, 0.05) is 36.8 Å². The largest absolute Gasteiger partial charge is 0.497 e. The Morgan fingerprint density at radius 3 is 2.44 bits per heavy atom. The number of aliphatic hydroxyl groups is 1. The van der Waals surface area contributed by atoms with Crippen molar-refractivity contribution >= 4 is 29.2 Å². The van der Waals surface area contributed by atoms with Gasteiger partial charge in [0.25, 0.3) is 5.91 Å². The highest BCUT2D eigenvalue weighted by molar-refractivity contribution is 6.00. The molecule has 4 amide bonds. The monoisotopic (exact) mass is 566 g/mol. The maximum Gasteiger partial charge on any atom is 0.321 e. The molecule has 10 heteroatoms. The Hall–Kier alpha value is -3.79. The summed E-state index contributed by atoms with van der Waals surface area (Å²) >= 11 is 0. The number of carbonyl (C=O) groups is 3. The average Bonchev–Trinajstić information content (AvgIpc) is 2.99. The van der Waals surface area contributed by atoms with Crippen molar-refractivity contribution in [1.82, 2.24) is 9.80 Å². The average molecular weight is 567 g/mol. The van der Waals surface area contributed by atoms with Crippen molar-refractivity contribution in [3.63, 3.8) is 0 Å². The van der Waals surface area contributed by atoms with Gasteiger partial charge in [-0.05, 0) is 62.2 Å². The topological polar surface area (TPSA) is 120 Å². The molecule has 2 aromatic carbocycles. The van der Waals surface area contributed by atoms with Crippen molar-refractivity contribution in [1.29, 1.82) is 0 Å². The number of hydrogen-bond donors (Lipinski definition) is 3. The van der Waals surface area contributed by atoms with Crippen molar-refractivity contribution in [2.75, 3.05) is 44.5 Å². The van der Waals surface area contributed by atoms with E-state index in [2.05, 4.69) is 10.6 Å². The van der Waals surface area contributed by atoms with E-state index in [0.717, 1.165) is 32.1 Å². The quantitative estimate of drug-likeness (QED) is 0.430. The summed E-state index contributed by atoms with van der Waals surface area (Å²) in [6, 6.07) is 11.4. The van der Waals surface area contributed by atoms with Gasteiger partial charge in [0.2, 0.25) is 5.91 Å². The van der Waals surface area contributed by atoms with Gasteiger partial charge in [0.05, 0.1) is 31.9 Å². The van der Waals surface area contributed by atoms with Gasteiger partial charge < -0.3 is 35.0 Å². The Morgan fingerprint density at radius 1 is 1.10 bits per heavy atom. The molecule has 3 N–H and O–H groups in total. The van der Waals surface area contributed by atoms with Gasteiger partial charge in [0.1, 0.15) is 17.6 Å². The molecule has 1 saturated carbocycles. The maximum atomic E-state index is 13.7. The number of nitrogens with one attached hydrogen (secondary N) is 2. The Labute approximate surface area is 242 Å². The van der Waals surface area contributed by atoms with Gasteiger partial charge in [-0.1, -0.05) is 26.2 Å². The number of fused-ring (bicyclic) bond motifs is 1. The molecule has 0 spiro atoms. The van der Waals surface area contributed by atoms with Gasteiger partial charge in [0.15, 0.2) is 0 Å². The molecule has 2 aliphatic rings. The summed E-state index contributed by atoms with van der Waals surface area (Å²) in [7, 11) is 3.28. The summed E-state index contributed by atoms with van der Waals surface area (Å²) in [5.41, 5.74) is 1.49. The summed E-state index contributed by atoms with van der Waals surface area (Å²) in [6.07, 6.45) is 4.57. The van der Waals surface area contributed by atoms with Crippen LogP contribution < -0.4 is 20.1 Å². The van der Waals surface area contributed by atoms with Crippen LogP contribution in [-0.4, -0.2) is 78.8 Å². The molecule has 10 nitrogen and oxygen atoms in total. The van der Waals surface area contributed by atoms with Gasteiger partial charge in [-0.15, -0.1) is 0 Å². The van der Waals surface area contributed by atoms with Crippen LogP contribution in [0.3, 0.4) is 0 Å². The minimum atomic E-state index is -0.440. The van der Waals surface area contributed by atoms with Crippen LogP contribution in [0.4, 0.5) is 16.2 Å². The molecule has 0 unspecified atom stereocenters. The van der Waals surface area contributed by atoms with E-state index in [4.69, 9.17) is 9.47 Å². The van der Waals surface area contributed by atoms with E-state index in [1.165, 1.54) is 0 Å². The normalized spacial score (nSPS) is 20.1. The predicted molar refractivity (Wildman–Crippen MR) is 157 cm³/mol. The van der Waals surface area contributed by atoms with Crippen LogP contribution in [0.25, 0.3) is 0 Å². The smallest absolute Gasteiger partial charge is 0.321 e. The number of methoxy groups -OCH3 is 1. The first-order valence-corrected chi connectivity index (χ1v) is 14.4. The van der Waals surface area contributed by atoms with Crippen molar-refractivity contribution in [3.05, 3.63) is 48.0 Å². The summed E-state index contributed by atoms with van der Waals surface area (Å²) in [6.45, 7) is 4.16. The number of aliphatic hydroxyl groups excluding tert-OH is 1. The number of carbonyl (C=O) groups excluding carboxylic acids is 3. The molecule has 2 aromatic rings. The lowest BCUT2D eigenvalue weighted by Crippen LogP contribution is -2.50. The van der Waals surface area contributed by atoms with Gasteiger partial charge in [-0.3, -0.25) is 9.59 Å². The number of nitrogens with zero attached hydrogens (tertiary/aromatic N) is 2. The van der Waals surface area contributed by atoms with Crippen LogP contribution in [0, 0.1) is 11.8 Å². The summed E-state index contributed by atoms with van der Waals surface area (Å²) in [5.74, 6) is 0.601. The summed E-state index contributed by atoms with van der Waals surface area (Å²) < 4.78 is 11.6. The highest BCUT2D eigenvalue weighted by Crippen LogP contribution is 2.32. The molecular weight excluding hydrogens is 524 g/mol. The number of urea groups is 1. The number of anilines is 2. The van der Waals surface area contributed by atoms with E-state index in [1.807, 2.05) is 6.92 Å². The van der Waals surface area contributed by atoms with Crippen LogP contribution in [0.2, 0.25) is 0 Å². The second-order valence-corrected chi connectivity index (χ2v) is 11.2. The van der Waals surface area contributed by atoms with Gasteiger partial charge in [-0.25, -0.2) is 4.79 Å². The number of ether oxygens (including phenoxy) is 2. The molecule has 0 aromatic heterocycles. The number of rotatable bonds is 8. The first-order chi connectivity index (χ1) is 19.7. The standard InChI is InChI=1S/C31H42N4O6/c1-20-17-35(21(2)19-36)30(38)26-16-24(32-29(37)22-8-6-5-7-9-22)12-15-27(26)41-28(20)18-34(3)31(39)33-23-10-13-25(40-4)14-11-23/h10-16,20-22,28,36H,5-9,17-19H2,1-4H3,(H,32,37)(H,33,39)/t20-,21+,28-/m0/s1. The molecule has 0 saturated heterocycles. The number of amides is 4. The van der Waals surface area contributed by atoms with Crippen LogP contribution in [-0.2, 0) is 4.79 Å². The molecule has 4 rings (SSSR count). The zero-order valence-electron chi connectivity index (χ0n) is 24.4. The Balaban J connectivity index is 1.53. The van der Waals surface area contributed by atoms with E-state index in [1.54, 1.807) is 73.3 Å². The van der Waals surface area contributed by atoms with E-state index < -0.39 is 12.1 Å². The summed E-state index contributed by atoms with van der Waals surface area (Å²) in [5, 5.41) is 15.8. The Bertz CT molecular complexity index is 1210. The number of hydrogen-bond acceptors (Lipinski definition) is 6. The lowest BCUT2D eigenvalue weighted by molar-refractivity contribution is -0.120. The van der Waals surface area contributed by atoms with E-state index in [-0.39, 0.29) is 42.8 Å². The fraction of sp³-hybridized carbons (Fsp3) is 0.516. The van der Waals surface area contributed by atoms with Crippen LogP contribution >= 0.6 is 0 Å². The lowest BCUT2D eigenvalue weighted by Gasteiger charge is -2.38. The third-order valence-corrected chi connectivity index (χ3v) is 8.05. The fourth-order valence-electron chi connectivity index (χ4n) is 5.37. The molecule has 222 valence electrons. The highest BCUT2D eigenvalue weighted by atomic mass is 16.5. The van der Waals surface area contributed by atoms with Crippen LogP contribution in [0.15, 0.2) is 42.5 Å². The van der Waals surface area contributed by atoms with Crippen molar-refractivity contribution < 1.29 is 29.0 Å². The zero-order valence-corrected chi connectivity index (χ0v) is 24.4. The molecule has 41 heavy (non-hydrogen) atoms. The second kappa shape index (κ2) is 13.7. The van der Waals surface area contributed by atoms with Crippen LogP contribution in [0.1, 0.15) is 56.3 Å². The van der Waals surface area contributed by atoms with E-state index in [9.17, 15) is 19.5 Å². The molecule has 1 heterocycles. The SMILES string of the molecule is COc1ccc(NC(=O)N(C)C[C@@H]2Oc3ccc(NC(=O)C4CCCCC4)cc3C(=O)N([C@H](C)CO)C[C@@H]2C)cc1. The second-order valence-electron chi connectivity index (χ2n) is 11.2. The molecular formula is C31H42N4O6. The minimum absolute atomic E-state index is 0.0200. The van der Waals surface area contributed by atoms with Crippen LogP contribution in [0.5, 0.6) is 11.5 Å². The third-order valence-electron chi connectivity index (χ3n) is 8.05. The van der Waals surface area contributed by atoms with E-state index in [0.29, 0.717) is 35.0 Å². The minimum Gasteiger partial charge on any atom is -0.497 e. The number of likely N-dealkylation sites (N-methyl/N-ethyl adjacent to an activating group) is 1. The zero-order chi connectivity index (χ0) is 29.5. The first-order valence-electron chi connectivity index (χ1n) is 14.4. The van der Waals surface area contributed by atoms with Gasteiger partial charge >= 0.3 is 6.03 Å². The molecule has 1 aliphatic heterocycles. The third kappa shape index (κ3) is 7.49. The fourth-order valence-corrected chi connectivity index (χ4v) is 5.37. The number of benzene rings is 2. The maximum absolute atomic E-state index is 13.7. The lowest BCUT2D eigenvalue weighted by atomic mass is 9.88. The highest BCUT2D eigenvalue weighted by Gasteiger charge is 2.34. The molecule has 0 bridgehead atoms. The van der Waals surface area contributed by atoms with Crippen molar-refractivity contribution in [2.45, 2.75) is 58.1 Å². The first kappa shape index (κ1) is 30.2. The molecule has 1 fully saturated rings. The Kier molecular flexibility index (Phi) is 10.1. The predicted octanol–water partition coefficient (Wildman–Crippen LogP) is 4.60. The van der Waals surface area contributed by atoms with E-state index >= 15 is 0 Å². The summed E-state index contributed by atoms with van der Waals surface area (Å²) in [4.78, 5) is 42.8.